The number of carbonyl (C=O) groups excluding carboxylic acids is 6. The molecule has 0 spiro atoms. The molecule has 2 rings (SSSR count). The van der Waals surface area contributed by atoms with Gasteiger partial charge in [0.25, 0.3) is 0 Å². The van der Waals surface area contributed by atoms with Crippen LogP contribution in [0, 0.1) is 5.92 Å². The van der Waals surface area contributed by atoms with E-state index in [4.69, 9.17) is 25.0 Å². The van der Waals surface area contributed by atoms with Gasteiger partial charge in [-0.15, -0.1) is 0 Å². The van der Waals surface area contributed by atoms with Gasteiger partial charge < -0.3 is 65.9 Å². The second kappa shape index (κ2) is 23.7. The van der Waals surface area contributed by atoms with Gasteiger partial charge in [0.2, 0.25) is 35.4 Å². The van der Waals surface area contributed by atoms with Gasteiger partial charge in [-0.3, -0.25) is 38.1 Å². The summed E-state index contributed by atoms with van der Waals surface area (Å²) in [7, 11) is -3.62. The van der Waals surface area contributed by atoms with Crippen molar-refractivity contribution in [2.24, 2.45) is 11.7 Å². The van der Waals surface area contributed by atoms with E-state index in [0.717, 1.165) is 6.92 Å². The van der Waals surface area contributed by atoms with Crippen molar-refractivity contribution in [2.75, 3.05) is 40.1 Å². The van der Waals surface area contributed by atoms with Crippen molar-refractivity contribution in [1.82, 2.24) is 35.7 Å². The molecular formula is C33H55N8O15P. The second-order valence-corrected chi connectivity index (χ2v) is 14.9. The van der Waals surface area contributed by atoms with Crippen molar-refractivity contribution in [2.45, 2.75) is 102 Å². The number of nitrogens with zero attached hydrogens (tertiary/aromatic N) is 3. The van der Waals surface area contributed by atoms with Crippen LogP contribution in [0.25, 0.3) is 0 Å². The lowest BCUT2D eigenvalue weighted by Gasteiger charge is -2.29. The number of carboxylic acid groups (broad SMARTS) is 1. The van der Waals surface area contributed by atoms with Crippen molar-refractivity contribution in [3.63, 3.8) is 0 Å². The molecular weight excluding hydrogens is 779 g/mol. The largest absolute Gasteiger partial charge is 0.481 e. The number of carboxylic acids is 1. The van der Waals surface area contributed by atoms with Gasteiger partial charge in [0.05, 0.1) is 51.7 Å². The molecule has 6 amide bonds. The van der Waals surface area contributed by atoms with Crippen molar-refractivity contribution in [1.29, 1.82) is 0 Å². The quantitative estimate of drug-likeness (QED) is 0.0330. The zero-order valence-electron chi connectivity index (χ0n) is 32.3. The molecule has 0 unspecified atom stereocenters. The number of methoxy groups -OCH3 is 1. The number of amides is 6. The molecule has 1 aliphatic heterocycles. The first kappa shape index (κ1) is 48.6. The highest BCUT2D eigenvalue weighted by atomic mass is 31.2. The van der Waals surface area contributed by atoms with E-state index in [2.05, 4.69) is 30.8 Å². The Morgan fingerprint density at radius 3 is 2.19 bits per heavy atom. The van der Waals surface area contributed by atoms with Gasteiger partial charge in [0.15, 0.2) is 0 Å². The first-order chi connectivity index (χ1) is 26.8. The SMILES string of the molecule is COCCOCCC(=O)N1CCC[C@H]1C(=O)N[C@@H](CC(C)C)C(=O)N[C@@H](Cc1cncn1CCC(=O)O)C(=O)N[C@@H](CO)C(=O)N[C@H](C(N)=O)[C@@H](C)OP(=O)(O)O. The number of hydrogen-bond acceptors (Lipinski definition) is 13. The summed E-state index contributed by atoms with van der Waals surface area (Å²) in [5.74, 6) is -6.51. The molecule has 10 N–H and O–H groups in total. The normalized spacial score (nSPS) is 16.9. The van der Waals surface area contributed by atoms with Gasteiger partial charge in [-0.25, -0.2) is 9.55 Å². The number of ether oxygens (including phenoxy) is 2. The Morgan fingerprint density at radius 2 is 1.60 bits per heavy atom. The molecule has 1 aromatic rings. The molecule has 0 aromatic carbocycles. The minimum Gasteiger partial charge on any atom is -0.481 e. The fraction of sp³-hybridized carbons (Fsp3) is 0.697. The van der Waals surface area contributed by atoms with Crippen molar-refractivity contribution < 1.29 is 72.1 Å². The lowest BCUT2D eigenvalue weighted by Crippen LogP contribution is -2.61. The number of aromatic nitrogens is 2. The Morgan fingerprint density at radius 1 is 0.947 bits per heavy atom. The molecule has 0 saturated carbocycles. The molecule has 1 fully saturated rings. The fourth-order valence-corrected chi connectivity index (χ4v) is 6.45. The van der Waals surface area contributed by atoms with Crippen LogP contribution in [-0.2, 0) is 65.1 Å². The number of nitrogens with two attached hydrogens (primary N) is 1. The predicted molar refractivity (Wildman–Crippen MR) is 196 cm³/mol. The number of phosphoric acid groups is 1. The van der Waals surface area contributed by atoms with Gasteiger partial charge in [0, 0.05) is 38.5 Å². The van der Waals surface area contributed by atoms with Crippen LogP contribution >= 0.6 is 7.82 Å². The van der Waals surface area contributed by atoms with Crippen LogP contribution in [0.3, 0.4) is 0 Å². The smallest absolute Gasteiger partial charge is 0.469 e. The summed E-state index contributed by atoms with van der Waals surface area (Å²) in [6, 6.07) is -7.26. The van der Waals surface area contributed by atoms with E-state index in [1.807, 2.05) is 0 Å². The Kier molecular flexibility index (Phi) is 20.2. The standard InChI is InChI=1S/C33H55N8O15P/c1-19(2)14-22(37-33(50)25-6-5-9-41(25)26(43)8-11-55-13-12-54-4)30(47)36-23(15-21-16-35-18-40(21)10-7-27(44)45)31(48)38-24(17-42)32(49)39-28(29(34)46)20(3)56-57(51,52)53/h16,18-20,22-25,28,42H,5-15,17H2,1-4H3,(H2,34,46)(H,36,47)(H,37,50)(H,38,48)(H,39,49)(H,44,45)(H2,51,52,53)/t20-,22+,23+,24+,25+,28+/m1/s1. The minimum absolute atomic E-state index is 0.0273. The average Bonchev–Trinajstić information content (AvgIpc) is 3.80. The number of aryl methyl sites for hydroxylation is 1. The maximum atomic E-state index is 13.9. The number of nitrogens with one attached hydrogen (secondary N) is 4. The molecule has 1 aromatic heterocycles. The van der Waals surface area contributed by atoms with Gasteiger partial charge in [0.1, 0.15) is 30.2 Å². The number of aliphatic hydroxyl groups is 1. The highest BCUT2D eigenvalue weighted by molar-refractivity contribution is 7.46. The van der Waals surface area contributed by atoms with Crippen molar-refractivity contribution in [3.05, 3.63) is 18.2 Å². The number of imidazole rings is 1. The Balaban J connectivity index is 2.33. The average molecular weight is 835 g/mol. The molecule has 24 heteroatoms. The summed E-state index contributed by atoms with van der Waals surface area (Å²) in [4.78, 5) is 114. The Hall–Kier alpha value is -4.51. The van der Waals surface area contributed by atoms with Crippen LogP contribution in [0.1, 0.15) is 58.6 Å². The highest BCUT2D eigenvalue weighted by Crippen LogP contribution is 2.38. The third-order valence-corrected chi connectivity index (χ3v) is 9.32. The monoisotopic (exact) mass is 834 g/mol. The summed E-state index contributed by atoms with van der Waals surface area (Å²) in [6.45, 7) is 4.61. The number of phosphoric ester groups is 1. The molecule has 2 heterocycles. The summed E-state index contributed by atoms with van der Waals surface area (Å²) < 4.78 is 27.5. The third-order valence-electron chi connectivity index (χ3n) is 8.71. The molecule has 322 valence electrons. The van der Waals surface area contributed by atoms with E-state index in [0.29, 0.717) is 32.6 Å². The molecule has 1 aliphatic rings. The number of rotatable bonds is 26. The highest BCUT2D eigenvalue weighted by Gasteiger charge is 2.38. The zero-order chi connectivity index (χ0) is 42.9. The van der Waals surface area contributed by atoms with E-state index < -0.39 is 86.2 Å². The number of carbonyl (C=O) groups is 7. The molecule has 0 bridgehead atoms. The van der Waals surface area contributed by atoms with Gasteiger partial charge in [-0.1, -0.05) is 13.8 Å². The molecule has 57 heavy (non-hydrogen) atoms. The first-order valence-electron chi connectivity index (χ1n) is 18.2. The van der Waals surface area contributed by atoms with Crippen LogP contribution < -0.4 is 27.0 Å². The lowest BCUT2D eigenvalue weighted by molar-refractivity contribution is -0.140. The van der Waals surface area contributed by atoms with Crippen LogP contribution in [0.4, 0.5) is 0 Å². The maximum absolute atomic E-state index is 13.9. The van der Waals surface area contributed by atoms with Gasteiger partial charge in [-0.2, -0.15) is 0 Å². The zero-order valence-corrected chi connectivity index (χ0v) is 33.2. The van der Waals surface area contributed by atoms with Crippen LogP contribution in [-0.4, -0.2) is 152 Å². The van der Waals surface area contributed by atoms with E-state index in [9.17, 15) is 48.3 Å². The summed E-state index contributed by atoms with van der Waals surface area (Å²) in [5.41, 5.74) is 5.58. The maximum Gasteiger partial charge on any atom is 0.469 e. The molecule has 23 nitrogen and oxygen atoms in total. The molecule has 0 radical (unpaired) electrons. The van der Waals surface area contributed by atoms with Crippen LogP contribution in [0.15, 0.2) is 12.5 Å². The summed E-state index contributed by atoms with van der Waals surface area (Å²) >= 11 is 0. The molecule has 1 saturated heterocycles. The van der Waals surface area contributed by atoms with Crippen LogP contribution in [0.5, 0.6) is 0 Å². The van der Waals surface area contributed by atoms with Gasteiger partial charge >= 0.3 is 13.8 Å². The molecule has 6 atom stereocenters. The molecule has 0 aliphatic carbocycles. The van der Waals surface area contributed by atoms with E-state index in [1.54, 1.807) is 13.8 Å². The number of likely N-dealkylation sites (tertiary alicyclic amines) is 1. The minimum atomic E-state index is -5.14. The Bertz CT molecular complexity index is 1590. The number of hydrogen-bond donors (Lipinski definition) is 9. The van der Waals surface area contributed by atoms with Crippen molar-refractivity contribution >= 4 is 49.2 Å². The van der Waals surface area contributed by atoms with E-state index in [-0.39, 0.29) is 56.4 Å². The number of aliphatic carboxylic acids is 1. The Labute approximate surface area is 329 Å². The second-order valence-electron chi connectivity index (χ2n) is 13.7. The number of aliphatic hydroxyl groups excluding tert-OH is 1. The first-order valence-corrected chi connectivity index (χ1v) is 19.7. The van der Waals surface area contributed by atoms with Gasteiger partial charge in [-0.05, 0) is 32.1 Å². The van der Waals surface area contributed by atoms with Crippen LogP contribution in [0.2, 0.25) is 0 Å². The summed E-state index contributed by atoms with van der Waals surface area (Å²) in [5, 5.41) is 28.9. The third kappa shape index (κ3) is 16.9. The van der Waals surface area contributed by atoms with E-state index >= 15 is 0 Å². The number of primary amides is 1. The fourth-order valence-electron chi connectivity index (χ4n) is 5.90. The summed E-state index contributed by atoms with van der Waals surface area (Å²) in [6.07, 6.45) is 1.36. The topological polar surface area (TPSA) is 340 Å². The van der Waals surface area contributed by atoms with E-state index in [1.165, 1.54) is 29.1 Å². The van der Waals surface area contributed by atoms with Crippen molar-refractivity contribution in [3.8, 4) is 0 Å². The lowest BCUT2D eigenvalue weighted by atomic mass is 10.0. The predicted octanol–water partition coefficient (Wildman–Crippen LogP) is -3.09.